The SMILES string of the molecule is CC(C)CC(NCCCN(C)C)C(O)c1ccccc1.Cl.Cl. The van der Waals surface area contributed by atoms with E-state index in [4.69, 9.17) is 0 Å². The van der Waals surface area contributed by atoms with Crippen LogP contribution < -0.4 is 5.32 Å². The third-order valence-electron chi connectivity index (χ3n) is 3.44. The molecule has 1 aromatic rings. The van der Waals surface area contributed by atoms with Crippen molar-refractivity contribution in [2.75, 3.05) is 27.2 Å². The minimum Gasteiger partial charge on any atom is -0.387 e. The summed E-state index contributed by atoms with van der Waals surface area (Å²) in [5.41, 5.74) is 0.998. The van der Waals surface area contributed by atoms with Crippen LogP contribution in [0.1, 0.15) is 38.4 Å². The van der Waals surface area contributed by atoms with Gasteiger partial charge in [-0.25, -0.2) is 0 Å². The molecule has 0 aromatic heterocycles. The van der Waals surface area contributed by atoms with Gasteiger partial charge in [-0.2, -0.15) is 0 Å². The molecule has 2 atom stereocenters. The quantitative estimate of drug-likeness (QED) is 0.668. The molecule has 3 nitrogen and oxygen atoms in total. The van der Waals surface area contributed by atoms with Gasteiger partial charge in [-0.3, -0.25) is 0 Å². The highest BCUT2D eigenvalue weighted by atomic mass is 35.5. The first-order valence-electron chi connectivity index (χ1n) is 7.61. The van der Waals surface area contributed by atoms with Crippen molar-refractivity contribution in [3.63, 3.8) is 0 Å². The fraction of sp³-hybridized carbons (Fsp3) is 0.647. The molecule has 0 fully saturated rings. The molecule has 0 aliphatic rings. The van der Waals surface area contributed by atoms with E-state index in [2.05, 4.69) is 38.2 Å². The highest BCUT2D eigenvalue weighted by Gasteiger charge is 2.21. The molecule has 2 N–H and O–H groups in total. The zero-order chi connectivity index (χ0) is 15.0. The van der Waals surface area contributed by atoms with Gasteiger partial charge in [-0.1, -0.05) is 44.2 Å². The normalized spacial score (nSPS) is 13.4. The van der Waals surface area contributed by atoms with Crippen LogP contribution >= 0.6 is 24.8 Å². The summed E-state index contributed by atoms with van der Waals surface area (Å²) >= 11 is 0. The van der Waals surface area contributed by atoms with Crippen molar-refractivity contribution in [3.8, 4) is 0 Å². The van der Waals surface area contributed by atoms with Gasteiger partial charge < -0.3 is 15.3 Å². The lowest BCUT2D eigenvalue weighted by molar-refractivity contribution is 0.116. The predicted octanol–water partition coefficient (Wildman–Crippen LogP) is 3.52. The van der Waals surface area contributed by atoms with Crippen LogP contribution in [0.3, 0.4) is 0 Å². The molecule has 1 rings (SSSR count). The molecule has 0 saturated carbocycles. The topological polar surface area (TPSA) is 35.5 Å². The second kappa shape index (κ2) is 13.1. The molecule has 1 aromatic carbocycles. The van der Waals surface area contributed by atoms with Gasteiger partial charge in [-0.05, 0) is 51.5 Å². The van der Waals surface area contributed by atoms with Gasteiger partial charge >= 0.3 is 0 Å². The summed E-state index contributed by atoms with van der Waals surface area (Å²) in [6.45, 7) is 6.42. The van der Waals surface area contributed by atoms with Crippen LogP contribution in [0.4, 0.5) is 0 Å². The number of hydrogen-bond acceptors (Lipinski definition) is 3. The molecule has 0 amide bonds. The molecule has 2 unspecified atom stereocenters. The zero-order valence-corrected chi connectivity index (χ0v) is 15.8. The summed E-state index contributed by atoms with van der Waals surface area (Å²) in [6, 6.07) is 10.1. The number of halogens is 2. The summed E-state index contributed by atoms with van der Waals surface area (Å²) in [5, 5.41) is 14.1. The van der Waals surface area contributed by atoms with Crippen LogP contribution in [-0.2, 0) is 0 Å². The maximum atomic E-state index is 10.6. The Morgan fingerprint density at radius 2 is 1.68 bits per heavy atom. The lowest BCUT2D eigenvalue weighted by Gasteiger charge is -2.26. The van der Waals surface area contributed by atoms with Crippen LogP contribution in [0, 0.1) is 5.92 Å². The highest BCUT2D eigenvalue weighted by molar-refractivity contribution is 5.85. The highest BCUT2D eigenvalue weighted by Crippen LogP contribution is 2.21. The van der Waals surface area contributed by atoms with E-state index in [1.807, 2.05) is 30.3 Å². The minimum absolute atomic E-state index is 0. The van der Waals surface area contributed by atoms with E-state index in [1.54, 1.807) is 0 Å². The average molecular weight is 351 g/mol. The second-order valence-corrected chi connectivity index (χ2v) is 6.20. The molecule has 0 saturated heterocycles. The zero-order valence-electron chi connectivity index (χ0n) is 14.2. The summed E-state index contributed by atoms with van der Waals surface area (Å²) in [5.74, 6) is 0.569. The van der Waals surface area contributed by atoms with Gasteiger partial charge in [0.25, 0.3) is 0 Å². The fourth-order valence-corrected chi connectivity index (χ4v) is 2.40. The Hall–Kier alpha value is -0.320. The van der Waals surface area contributed by atoms with E-state index in [9.17, 15) is 5.11 Å². The standard InChI is InChI=1S/C17H30N2O.2ClH/c1-14(2)13-16(18-11-8-12-19(3)4)17(20)15-9-6-5-7-10-15;;/h5-7,9-10,14,16-18,20H,8,11-13H2,1-4H3;2*1H. The van der Waals surface area contributed by atoms with E-state index in [-0.39, 0.29) is 30.9 Å². The van der Waals surface area contributed by atoms with Crippen LogP contribution in [0.15, 0.2) is 30.3 Å². The van der Waals surface area contributed by atoms with E-state index < -0.39 is 6.10 Å². The van der Waals surface area contributed by atoms with E-state index in [0.29, 0.717) is 5.92 Å². The van der Waals surface area contributed by atoms with Crippen molar-refractivity contribution in [2.45, 2.75) is 38.8 Å². The Labute approximate surface area is 148 Å². The minimum atomic E-state index is -0.432. The van der Waals surface area contributed by atoms with Gasteiger partial charge in [0.05, 0.1) is 6.10 Å². The molecule has 0 heterocycles. The average Bonchev–Trinajstić information content (AvgIpc) is 2.41. The Morgan fingerprint density at radius 1 is 1.09 bits per heavy atom. The Bertz CT molecular complexity index is 361. The van der Waals surface area contributed by atoms with Crippen LogP contribution in [-0.4, -0.2) is 43.2 Å². The number of nitrogens with zero attached hydrogens (tertiary/aromatic N) is 1. The van der Waals surface area contributed by atoms with Crippen LogP contribution in [0.25, 0.3) is 0 Å². The van der Waals surface area contributed by atoms with Crippen LogP contribution in [0.2, 0.25) is 0 Å². The van der Waals surface area contributed by atoms with Gasteiger partial charge in [0.15, 0.2) is 0 Å². The van der Waals surface area contributed by atoms with E-state index in [1.165, 1.54) is 0 Å². The van der Waals surface area contributed by atoms with Crippen molar-refractivity contribution < 1.29 is 5.11 Å². The van der Waals surface area contributed by atoms with E-state index >= 15 is 0 Å². The molecule has 0 spiro atoms. The third-order valence-corrected chi connectivity index (χ3v) is 3.44. The molecule has 0 radical (unpaired) electrons. The van der Waals surface area contributed by atoms with Crippen molar-refractivity contribution in [3.05, 3.63) is 35.9 Å². The molecule has 0 bridgehead atoms. The molecule has 130 valence electrons. The Balaban J connectivity index is 0. The smallest absolute Gasteiger partial charge is 0.0943 e. The van der Waals surface area contributed by atoms with Gasteiger partial charge in [0, 0.05) is 6.04 Å². The first kappa shape index (κ1) is 23.9. The number of aliphatic hydroxyl groups is 1. The Morgan fingerprint density at radius 3 is 2.18 bits per heavy atom. The number of aliphatic hydroxyl groups excluding tert-OH is 1. The summed E-state index contributed by atoms with van der Waals surface area (Å²) in [6.07, 6.45) is 1.65. The predicted molar refractivity (Wildman–Crippen MR) is 100 cm³/mol. The monoisotopic (exact) mass is 350 g/mol. The van der Waals surface area contributed by atoms with Crippen molar-refractivity contribution in [1.82, 2.24) is 10.2 Å². The van der Waals surface area contributed by atoms with E-state index in [0.717, 1.165) is 31.5 Å². The van der Waals surface area contributed by atoms with Crippen molar-refractivity contribution in [2.24, 2.45) is 5.92 Å². The molecule has 5 heteroatoms. The first-order chi connectivity index (χ1) is 9.50. The largest absolute Gasteiger partial charge is 0.387 e. The molecular formula is C17H32Cl2N2O. The summed E-state index contributed by atoms with van der Waals surface area (Å²) < 4.78 is 0. The molecule has 0 aliphatic carbocycles. The Kier molecular flexibility index (Phi) is 14.3. The number of hydrogen-bond donors (Lipinski definition) is 2. The number of nitrogens with one attached hydrogen (secondary N) is 1. The lowest BCUT2D eigenvalue weighted by Crippen LogP contribution is -2.37. The lowest BCUT2D eigenvalue weighted by atomic mass is 9.94. The summed E-state index contributed by atoms with van der Waals surface area (Å²) in [4.78, 5) is 2.19. The molecular weight excluding hydrogens is 319 g/mol. The fourth-order valence-electron chi connectivity index (χ4n) is 2.40. The second-order valence-electron chi connectivity index (χ2n) is 6.20. The maximum absolute atomic E-state index is 10.6. The molecule has 22 heavy (non-hydrogen) atoms. The number of benzene rings is 1. The van der Waals surface area contributed by atoms with Crippen LogP contribution in [0.5, 0.6) is 0 Å². The number of rotatable bonds is 9. The van der Waals surface area contributed by atoms with Crippen molar-refractivity contribution >= 4 is 24.8 Å². The molecule has 0 aliphatic heterocycles. The third kappa shape index (κ3) is 9.65. The van der Waals surface area contributed by atoms with Gasteiger partial charge in [-0.15, -0.1) is 24.8 Å². The first-order valence-corrected chi connectivity index (χ1v) is 7.61. The van der Waals surface area contributed by atoms with Crippen molar-refractivity contribution in [1.29, 1.82) is 0 Å². The van der Waals surface area contributed by atoms with Gasteiger partial charge in [0.1, 0.15) is 0 Å². The van der Waals surface area contributed by atoms with Gasteiger partial charge in [0.2, 0.25) is 0 Å². The summed E-state index contributed by atoms with van der Waals surface area (Å²) in [7, 11) is 4.18. The maximum Gasteiger partial charge on any atom is 0.0943 e.